The van der Waals surface area contributed by atoms with Crippen molar-refractivity contribution in [2.45, 2.75) is 0 Å². The molecule has 5 nitrogen and oxygen atoms in total. The molecule has 0 fully saturated rings. The molecule has 0 saturated carbocycles. The zero-order valence-electron chi connectivity index (χ0n) is 32.0. The number of hydrogen-bond acceptors (Lipinski definition) is 4. The van der Waals surface area contributed by atoms with Gasteiger partial charge in [-0.05, 0) is 57.4 Å². The van der Waals surface area contributed by atoms with E-state index in [0.29, 0.717) is 83.2 Å². The number of nitrogens with zero attached hydrogens (tertiary/aromatic N) is 4. The smallest absolute Gasteiger partial charge is 0.164 e. The molecule has 3 aromatic heterocycles. The highest BCUT2D eigenvalue weighted by Gasteiger charge is 2.23. The van der Waals surface area contributed by atoms with E-state index < -0.39 is 0 Å². The predicted octanol–water partition coefficient (Wildman–Crippen LogP) is 5.45. The molecule has 8 aromatic carbocycles. The fourth-order valence-corrected chi connectivity index (χ4v) is 8.46. The number of furan rings is 1. The molecule has 60 heavy (non-hydrogen) atoms. The van der Waals surface area contributed by atoms with Crippen molar-refractivity contribution in [3.05, 3.63) is 146 Å². The number of aromatic nitrogens is 4. The van der Waals surface area contributed by atoms with Gasteiger partial charge in [0.1, 0.15) is 58.2 Å². The number of hydrogen-bond donors (Lipinski definition) is 0. The van der Waals surface area contributed by atoms with E-state index in [1.807, 2.05) is 102 Å². The van der Waals surface area contributed by atoms with Crippen molar-refractivity contribution in [2.75, 3.05) is 0 Å². The summed E-state index contributed by atoms with van der Waals surface area (Å²) in [5, 5.41) is 5.15. The van der Waals surface area contributed by atoms with Crippen LogP contribution >= 0.6 is 0 Å². The zero-order chi connectivity index (χ0) is 40.8. The van der Waals surface area contributed by atoms with Crippen molar-refractivity contribution >= 4 is 134 Å². The van der Waals surface area contributed by atoms with Crippen molar-refractivity contribution in [1.82, 2.24) is 19.5 Å². The van der Waals surface area contributed by atoms with Crippen LogP contribution in [0.3, 0.4) is 0 Å². The van der Waals surface area contributed by atoms with Crippen molar-refractivity contribution in [1.29, 1.82) is 0 Å². The second kappa shape index (κ2) is 13.8. The molecule has 0 unspecified atom stereocenters. The van der Waals surface area contributed by atoms with E-state index in [2.05, 4.69) is 36.4 Å². The highest BCUT2D eigenvalue weighted by Crippen LogP contribution is 2.41. The Hall–Kier alpha value is -6.98. The topological polar surface area (TPSA) is 56.7 Å². The summed E-state index contributed by atoms with van der Waals surface area (Å²) in [6.45, 7) is 0. The summed E-state index contributed by atoms with van der Waals surface area (Å²) >= 11 is 0. The molecule has 11 aromatic rings. The third-order valence-electron chi connectivity index (χ3n) is 11.3. The lowest BCUT2D eigenvalue weighted by atomic mass is 9.71. The van der Waals surface area contributed by atoms with Gasteiger partial charge in [0.25, 0.3) is 0 Å². The molecule has 0 N–H and O–H groups in total. The molecule has 0 spiro atoms. The maximum atomic E-state index is 6.84. The standard InChI is InChI=1S/C49H24B6N4O/c50-35-23-37(52)44-40(42(35)54)41-43(55)36(51)24-38(53)45(41)59(44)31-21-33(26-10-3-1-4-11-26)46-34(22-31)32-18-17-30(20-39(32)60-46)49-57-47(27-12-5-2-6-13-27)56-48(58-49)29-16-15-25-9-7-8-14-28(25)19-29/h1-24H. The van der Waals surface area contributed by atoms with Gasteiger partial charge in [-0.3, -0.25) is 0 Å². The van der Waals surface area contributed by atoms with Crippen molar-refractivity contribution < 1.29 is 4.42 Å². The molecule has 0 atom stereocenters. The third-order valence-corrected chi connectivity index (χ3v) is 11.3. The minimum absolute atomic E-state index is 0.329. The third kappa shape index (κ3) is 5.67. The van der Waals surface area contributed by atoms with Crippen molar-refractivity contribution in [2.24, 2.45) is 0 Å². The lowest BCUT2D eigenvalue weighted by Gasteiger charge is -2.15. The highest BCUT2D eigenvalue weighted by atomic mass is 16.3. The Morgan fingerprint density at radius 1 is 0.417 bits per heavy atom. The average Bonchev–Trinajstić information content (AvgIpc) is 3.85. The van der Waals surface area contributed by atoms with Crippen LogP contribution in [0, 0.1) is 0 Å². The minimum Gasteiger partial charge on any atom is -0.455 e. The molecule has 264 valence electrons. The Kier molecular flexibility index (Phi) is 8.32. The van der Waals surface area contributed by atoms with Gasteiger partial charge in [-0.15, -0.1) is 10.9 Å². The lowest BCUT2D eigenvalue weighted by molar-refractivity contribution is 0.670. The molecule has 0 bridgehead atoms. The number of fused-ring (bicyclic) bond motifs is 7. The molecular weight excluding hydrogens is 725 g/mol. The largest absolute Gasteiger partial charge is 0.455 e. The fraction of sp³-hybridized carbons (Fsp3) is 0. The summed E-state index contributed by atoms with van der Waals surface area (Å²) in [5.74, 6) is 1.65. The Morgan fingerprint density at radius 3 is 1.58 bits per heavy atom. The average molecular weight is 750 g/mol. The first-order chi connectivity index (χ1) is 29.2. The lowest BCUT2D eigenvalue weighted by Crippen LogP contribution is -2.33. The first-order valence-electron chi connectivity index (χ1n) is 19.3. The van der Waals surface area contributed by atoms with Gasteiger partial charge in [0.2, 0.25) is 0 Å². The van der Waals surface area contributed by atoms with Crippen LogP contribution in [0.4, 0.5) is 0 Å². The fourth-order valence-electron chi connectivity index (χ4n) is 8.46. The predicted molar refractivity (Wildman–Crippen MR) is 253 cm³/mol. The van der Waals surface area contributed by atoms with E-state index in [1.165, 1.54) is 0 Å². The maximum absolute atomic E-state index is 6.84. The monoisotopic (exact) mass is 750 g/mol. The molecular formula is C49H24B6N4O. The first kappa shape index (κ1) is 36.1. The summed E-state index contributed by atoms with van der Waals surface area (Å²) in [6, 6.07) is 48.0. The van der Waals surface area contributed by atoms with Crippen LogP contribution in [0.1, 0.15) is 0 Å². The molecule has 0 amide bonds. The summed E-state index contributed by atoms with van der Waals surface area (Å²) < 4.78 is 8.83. The Bertz CT molecular complexity index is 3500. The summed E-state index contributed by atoms with van der Waals surface area (Å²) in [7, 11) is 39.7. The van der Waals surface area contributed by atoms with Crippen molar-refractivity contribution in [3.63, 3.8) is 0 Å². The van der Waals surface area contributed by atoms with E-state index in [4.69, 9.17) is 66.4 Å². The quantitative estimate of drug-likeness (QED) is 0.220. The normalized spacial score (nSPS) is 11.7. The van der Waals surface area contributed by atoms with E-state index in [9.17, 15) is 0 Å². The summed E-state index contributed by atoms with van der Waals surface area (Å²) in [5.41, 5.74) is 9.81. The van der Waals surface area contributed by atoms with Gasteiger partial charge < -0.3 is 8.98 Å². The zero-order valence-corrected chi connectivity index (χ0v) is 32.0. The Morgan fingerprint density at radius 2 is 0.950 bits per heavy atom. The summed E-state index contributed by atoms with van der Waals surface area (Å²) in [6.07, 6.45) is 0. The highest BCUT2D eigenvalue weighted by molar-refractivity contribution is 6.62. The van der Waals surface area contributed by atoms with Crippen LogP contribution in [0.5, 0.6) is 0 Å². The minimum atomic E-state index is 0.329. The SMILES string of the molecule is [B]c1cc([B])c2c(c1[B])c1c([B])c([B])cc([B])c1n2-c1cc(-c2ccccc2)c2oc3cc(-c4nc(-c5ccccc5)nc(-c5ccc6ccccc6c5)n4)ccc3c2c1. The Balaban J connectivity index is 1.16. The van der Waals surface area contributed by atoms with E-state index in [1.54, 1.807) is 12.1 Å². The molecule has 11 heteroatoms. The van der Waals surface area contributed by atoms with Crippen LogP contribution in [0.15, 0.2) is 150 Å². The molecule has 0 aliphatic carbocycles. The van der Waals surface area contributed by atoms with Crippen molar-refractivity contribution in [3.8, 4) is 51.0 Å². The van der Waals surface area contributed by atoms with Crippen LogP contribution in [0.25, 0.3) is 105 Å². The second-order valence-corrected chi connectivity index (χ2v) is 15.0. The molecule has 12 radical (unpaired) electrons. The van der Waals surface area contributed by atoms with Crippen LogP contribution in [0.2, 0.25) is 0 Å². The van der Waals surface area contributed by atoms with Gasteiger partial charge in [0, 0.05) is 49.7 Å². The van der Waals surface area contributed by atoms with Crippen LogP contribution in [-0.4, -0.2) is 66.6 Å². The maximum Gasteiger partial charge on any atom is 0.164 e. The number of rotatable bonds is 5. The molecule has 0 saturated heterocycles. The molecule has 3 heterocycles. The Labute approximate surface area is 353 Å². The van der Waals surface area contributed by atoms with Gasteiger partial charge in [-0.1, -0.05) is 137 Å². The summed E-state index contributed by atoms with van der Waals surface area (Å²) in [4.78, 5) is 15.0. The van der Waals surface area contributed by atoms with E-state index >= 15 is 0 Å². The van der Waals surface area contributed by atoms with Gasteiger partial charge in [-0.2, -0.15) is 0 Å². The van der Waals surface area contributed by atoms with Crippen LogP contribution in [-0.2, 0) is 0 Å². The van der Waals surface area contributed by atoms with E-state index in [-0.39, 0.29) is 0 Å². The molecule has 0 aliphatic heterocycles. The van der Waals surface area contributed by atoms with Gasteiger partial charge >= 0.3 is 0 Å². The van der Waals surface area contributed by atoms with Crippen LogP contribution < -0.4 is 32.8 Å². The number of benzene rings is 8. The second-order valence-electron chi connectivity index (χ2n) is 15.0. The van der Waals surface area contributed by atoms with Gasteiger partial charge in [0.05, 0.1) is 0 Å². The molecule has 0 aliphatic rings. The van der Waals surface area contributed by atoms with E-state index in [0.717, 1.165) is 55.0 Å². The van der Waals surface area contributed by atoms with Gasteiger partial charge in [-0.25, -0.2) is 15.0 Å². The first-order valence-corrected chi connectivity index (χ1v) is 19.3. The molecule has 11 rings (SSSR count). The van der Waals surface area contributed by atoms with Gasteiger partial charge in [0.15, 0.2) is 17.5 Å².